The van der Waals surface area contributed by atoms with Gasteiger partial charge in [-0.25, -0.2) is 0 Å². The van der Waals surface area contributed by atoms with Crippen molar-refractivity contribution in [2.45, 2.75) is 38.8 Å². The first-order chi connectivity index (χ1) is 10.4. The van der Waals surface area contributed by atoms with Gasteiger partial charge in [-0.2, -0.15) is 0 Å². The smallest absolute Gasteiger partial charge is 0.249 e. The van der Waals surface area contributed by atoms with Gasteiger partial charge in [-0.3, -0.25) is 9.59 Å². The standard InChI is InChI=1S/C16H22ClN3O2/c1-10(2)9-12(18)15(21)19-13-7-8-20(16(13)22)14-6-4-3-5-11(14)17/h3-6,10,12-13H,7-9,18H2,1-2H3,(H,19,21)/t12-,13?/m0/s1. The summed E-state index contributed by atoms with van der Waals surface area (Å²) >= 11 is 6.13. The van der Waals surface area contributed by atoms with Crippen LogP contribution in [0.5, 0.6) is 0 Å². The lowest BCUT2D eigenvalue weighted by Crippen LogP contribution is -2.48. The molecule has 0 aliphatic carbocycles. The highest BCUT2D eigenvalue weighted by Crippen LogP contribution is 2.29. The van der Waals surface area contributed by atoms with Gasteiger partial charge < -0.3 is 16.0 Å². The number of carbonyl (C=O) groups excluding carboxylic acids is 2. The maximum absolute atomic E-state index is 12.5. The maximum atomic E-state index is 12.5. The third-order valence-electron chi connectivity index (χ3n) is 3.73. The van der Waals surface area contributed by atoms with E-state index in [2.05, 4.69) is 5.32 Å². The SMILES string of the molecule is CC(C)C[C@H](N)C(=O)NC1CCN(c2ccccc2Cl)C1=O. The molecule has 0 spiro atoms. The van der Waals surface area contributed by atoms with Crippen LogP contribution in [0, 0.1) is 5.92 Å². The molecule has 1 heterocycles. The van der Waals surface area contributed by atoms with Crippen LogP contribution in [0.4, 0.5) is 5.69 Å². The summed E-state index contributed by atoms with van der Waals surface area (Å²) in [7, 11) is 0. The van der Waals surface area contributed by atoms with Gasteiger partial charge in [0.05, 0.1) is 16.8 Å². The van der Waals surface area contributed by atoms with Crippen LogP contribution in [0.15, 0.2) is 24.3 Å². The molecule has 1 fully saturated rings. The molecule has 0 aromatic heterocycles. The fraction of sp³-hybridized carbons (Fsp3) is 0.500. The van der Waals surface area contributed by atoms with Gasteiger partial charge in [0.25, 0.3) is 0 Å². The summed E-state index contributed by atoms with van der Waals surface area (Å²) in [6, 6.07) is 6.09. The summed E-state index contributed by atoms with van der Waals surface area (Å²) in [4.78, 5) is 26.1. The Kier molecular flexibility index (Phi) is 5.42. The summed E-state index contributed by atoms with van der Waals surface area (Å²) in [5.74, 6) is -0.0779. The normalized spacial score (nSPS) is 19.6. The number of anilines is 1. The molecule has 1 aromatic rings. The minimum Gasteiger partial charge on any atom is -0.343 e. The number of halogens is 1. The maximum Gasteiger partial charge on any atom is 0.249 e. The van der Waals surface area contributed by atoms with Gasteiger partial charge in [-0.05, 0) is 30.9 Å². The molecule has 0 saturated carbocycles. The van der Waals surface area contributed by atoms with Gasteiger partial charge in [-0.15, -0.1) is 0 Å². The van der Waals surface area contributed by atoms with Crippen LogP contribution in [-0.2, 0) is 9.59 Å². The number of hydrogen-bond donors (Lipinski definition) is 2. The van der Waals surface area contributed by atoms with E-state index in [0.29, 0.717) is 36.0 Å². The van der Waals surface area contributed by atoms with E-state index in [1.54, 1.807) is 17.0 Å². The number of benzene rings is 1. The molecule has 120 valence electrons. The van der Waals surface area contributed by atoms with Crippen LogP contribution in [0.3, 0.4) is 0 Å². The molecule has 0 bridgehead atoms. The Balaban J connectivity index is 2.00. The zero-order valence-electron chi connectivity index (χ0n) is 12.9. The summed E-state index contributed by atoms with van der Waals surface area (Å²) in [5, 5.41) is 3.28. The number of carbonyl (C=O) groups is 2. The fourth-order valence-electron chi connectivity index (χ4n) is 2.62. The minimum atomic E-state index is -0.581. The molecule has 1 aromatic carbocycles. The number of rotatable bonds is 5. The van der Waals surface area contributed by atoms with Crippen LogP contribution in [0.2, 0.25) is 5.02 Å². The lowest BCUT2D eigenvalue weighted by molar-refractivity contribution is -0.127. The van der Waals surface area contributed by atoms with E-state index >= 15 is 0 Å². The Labute approximate surface area is 135 Å². The second kappa shape index (κ2) is 7.11. The zero-order valence-corrected chi connectivity index (χ0v) is 13.6. The second-order valence-corrected chi connectivity index (χ2v) is 6.43. The Morgan fingerprint density at radius 1 is 1.45 bits per heavy atom. The Hall–Kier alpha value is -1.59. The van der Waals surface area contributed by atoms with E-state index in [0.717, 1.165) is 0 Å². The largest absolute Gasteiger partial charge is 0.343 e. The molecule has 2 amide bonds. The van der Waals surface area contributed by atoms with Gasteiger partial charge >= 0.3 is 0 Å². The summed E-state index contributed by atoms with van der Waals surface area (Å²) < 4.78 is 0. The van der Waals surface area contributed by atoms with E-state index in [4.69, 9.17) is 17.3 Å². The molecule has 1 aliphatic rings. The van der Waals surface area contributed by atoms with Crippen molar-refractivity contribution in [2.24, 2.45) is 11.7 Å². The first-order valence-electron chi connectivity index (χ1n) is 7.52. The van der Waals surface area contributed by atoms with Crippen molar-refractivity contribution in [3.05, 3.63) is 29.3 Å². The summed E-state index contributed by atoms with van der Waals surface area (Å²) in [5.41, 5.74) is 6.53. The lowest BCUT2D eigenvalue weighted by atomic mass is 10.0. The lowest BCUT2D eigenvalue weighted by Gasteiger charge is -2.20. The highest BCUT2D eigenvalue weighted by Gasteiger charge is 2.35. The molecular formula is C16H22ClN3O2. The van der Waals surface area contributed by atoms with Gasteiger partial charge in [0.2, 0.25) is 11.8 Å². The van der Waals surface area contributed by atoms with Gasteiger partial charge in [0.1, 0.15) is 6.04 Å². The Morgan fingerprint density at radius 2 is 2.14 bits per heavy atom. The third-order valence-corrected chi connectivity index (χ3v) is 4.05. The first-order valence-corrected chi connectivity index (χ1v) is 7.89. The topological polar surface area (TPSA) is 75.4 Å². The van der Waals surface area contributed by atoms with Gasteiger partial charge in [0, 0.05) is 6.54 Å². The monoisotopic (exact) mass is 323 g/mol. The minimum absolute atomic E-state index is 0.141. The van der Waals surface area contributed by atoms with E-state index in [1.807, 2.05) is 26.0 Å². The van der Waals surface area contributed by atoms with Crippen LogP contribution in [0.1, 0.15) is 26.7 Å². The van der Waals surface area contributed by atoms with Gasteiger partial charge in [0.15, 0.2) is 0 Å². The molecular weight excluding hydrogens is 302 g/mol. The highest BCUT2D eigenvalue weighted by molar-refractivity contribution is 6.34. The molecule has 2 atom stereocenters. The number of nitrogens with two attached hydrogens (primary N) is 1. The number of nitrogens with one attached hydrogen (secondary N) is 1. The molecule has 6 heteroatoms. The van der Waals surface area contributed by atoms with Crippen molar-refractivity contribution in [3.63, 3.8) is 0 Å². The molecule has 2 rings (SSSR count). The van der Waals surface area contributed by atoms with E-state index in [9.17, 15) is 9.59 Å². The Bertz CT molecular complexity index is 562. The van der Waals surface area contributed by atoms with Gasteiger partial charge in [-0.1, -0.05) is 37.6 Å². The Morgan fingerprint density at radius 3 is 2.77 bits per heavy atom. The van der Waals surface area contributed by atoms with Crippen molar-refractivity contribution >= 4 is 29.1 Å². The number of para-hydroxylation sites is 1. The molecule has 0 radical (unpaired) electrons. The van der Waals surface area contributed by atoms with Crippen LogP contribution in [0.25, 0.3) is 0 Å². The number of amides is 2. The molecule has 1 saturated heterocycles. The van der Waals surface area contributed by atoms with Crippen LogP contribution in [-0.4, -0.2) is 30.4 Å². The predicted molar refractivity (Wildman–Crippen MR) is 87.8 cm³/mol. The number of hydrogen-bond acceptors (Lipinski definition) is 3. The highest BCUT2D eigenvalue weighted by atomic mass is 35.5. The van der Waals surface area contributed by atoms with E-state index in [1.165, 1.54) is 0 Å². The summed E-state index contributed by atoms with van der Waals surface area (Å²) in [6.45, 7) is 4.55. The molecule has 3 N–H and O–H groups in total. The van der Waals surface area contributed by atoms with E-state index < -0.39 is 12.1 Å². The van der Waals surface area contributed by atoms with Crippen LogP contribution < -0.4 is 16.0 Å². The number of nitrogens with zero attached hydrogens (tertiary/aromatic N) is 1. The van der Waals surface area contributed by atoms with Crippen molar-refractivity contribution in [1.82, 2.24) is 5.32 Å². The average molecular weight is 324 g/mol. The zero-order chi connectivity index (χ0) is 16.3. The van der Waals surface area contributed by atoms with Crippen molar-refractivity contribution < 1.29 is 9.59 Å². The molecule has 1 unspecified atom stereocenters. The third kappa shape index (κ3) is 3.78. The first kappa shape index (κ1) is 16.8. The predicted octanol–water partition coefficient (Wildman–Crippen LogP) is 1.93. The molecule has 22 heavy (non-hydrogen) atoms. The van der Waals surface area contributed by atoms with Crippen molar-refractivity contribution in [3.8, 4) is 0 Å². The van der Waals surface area contributed by atoms with Crippen molar-refractivity contribution in [2.75, 3.05) is 11.4 Å². The molecule has 5 nitrogen and oxygen atoms in total. The second-order valence-electron chi connectivity index (χ2n) is 6.03. The van der Waals surface area contributed by atoms with E-state index in [-0.39, 0.29) is 11.8 Å². The fourth-order valence-corrected chi connectivity index (χ4v) is 2.86. The van der Waals surface area contributed by atoms with Crippen molar-refractivity contribution in [1.29, 1.82) is 0 Å². The quantitative estimate of drug-likeness (QED) is 0.869. The summed E-state index contributed by atoms with van der Waals surface area (Å²) in [6.07, 6.45) is 1.16. The molecule has 1 aliphatic heterocycles. The average Bonchev–Trinajstić information content (AvgIpc) is 2.80. The van der Waals surface area contributed by atoms with Crippen LogP contribution >= 0.6 is 11.6 Å².